The number of halogens is 1. The first-order chi connectivity index (χ1) is 9.87. The van der Waals surface area contributed by atoms with Crippen LogP contribution in [0.4, 0.5) is 4.39 Å². The second-order valence-corrected chi connectivity index (χ2v) is 6.65. The number of H-pyrrole nitrogens is 1. The van der Waals surface area contributed by atoms with E-state index in [0.717, 1.165) is 5.56 Å². The predicted molar refractivity (Wildman–Crippen MR) is 77.7 cm³/mol. The monoisotopic (exact) mass is 311 g/mol. The first-order valence-corrected chi connectivity index (χ1v) is 8.09. The molecular weight excluding hydrogens is 293 g/mol. The summed E-state index contributed by atoms with van der Waals surface area (Å²) in [6.45, 7) is 5.53. The average molecular weight is 311 g/mol. The number of aromatic nitrogens is 2. The Morgan fingerprint density at radius 2 is 1.95 bits per heavy atom. The minimum Gasteiger partial charge on any atom is -0.281 e. The van der Waals surface area contributed by atoms with E-state index >= 15 is 0 Å². The van der Waals surface area contributed by atoms with Crippen LogP contribution >= 0.6 is 0 Å². The number of benzene rings is 1. The molecule has 0 aliphatic heterocycles. The zero-order chi connectivity index (χ0) is 15.6. The van der Waals surface area contributed by atoms with Crippen molar-refractivity contribution in [2.45, 2.75) is 31.7 Å². The average Bonchev–Trinajstić information content (AvgIpc) is 2.87. The van der Waals surface area contributed by atoms with Gasteiger partial charge in [0.25, 0.3) is 0 Å². The maximum Gasteiger partial charge on any atom is 0.246 e. The summed E-state index contributed by atoms with van der Waals surface area (Å²) in [5.74, 6) is -0.345. The highest BCUT2D eigenvalue weighted by molar-refractivity contribution is 7.89. The summed E-state index contributed by atoms with van der Waals surface area (Å²) in [5.41, 5.74) is 1.24. The highest BCUT2D eigenvalue weighted by Crippen LogP contribution is 2.28. The molecule has 0 aliphatic rings. The van der Waals surface area contributed by atoms with E-state index in [0.29, 0.717) is 12.2 Å². The van der Waals surface area contributed by atoms with Crippen molar-refractivity contribution in [3.05, 3.63) is 47.5 Å². The standard InChI is InChI=1S/C14H18FN3O2S/c1-4-18(11(3)12-5-7-13(15)8-6-12)21(19,20)14-9-16-17-10(14)2/h5-9,11H,4H2,1-3H3,(H,16,17). The first kappa shape index (κ1) is 15.7. The van der Waals surface area contributed by atoms with E-state index in [2.05, 4.69) is 10.2 Å². The van der Waals surface area contributed by atoms with Crippen molar-refractivity contribution in [1.82, 2.24) is 14.5 Å². The number of nitrogens with zero attached hydrogens (tertiary/aromatic N) is 2. The van der Waals surface area contributed by atoms with Crippen LogP contribution in [0.1, 0.15) is 31.1 Å². The Bertz CT molecular complexity index is 710. The zero-order valence-corrected chi connectivity index (χ0v) is 13.0. The molecule has 7 heteroatoms. The van der Waals surface area contributed by atoms with E-state index < -0.39 is 16.1 Å². The van der Waals surface area contributed by atoms with Gasteiger partial charge in [0.15, 0.2) is 0 Å². The van der Waals surface area contributed by atoms with E-state index in [1.165, 1.54) is 22.6 Å². The topological polar surface area (TPSA) is 66.1 Å². The van der Waals surface area contributed by atoms with Crippen LogP contribution in [0.5, 0.6) is 0 Å². The normalized spacial score (nSPS) is 13.6. The van der Waals surface area contributed by atoms with Gasteiger partial charge in [-0.05, 0) is 31.5 Å². The van der Waals surface area contributed by atoms with Crippen LogP contribution in [0, 0.1) is 12.7 Å². The fraction of sp³-hybridized carbons (Fsp3) is 0.357. The summed E-state index contributed by atoms with van der Waals surface area (Å²) >= 11 is 0. The Balaban J connectivity index is 2.39. The van der Waals surface area contributed by atoms with Crippen molar-refractivity contribution in [2.24, 2.45) is 0 Å². The third-order valence-electron chi connectivity index (χ3n) is 3.47. The Hall–Kier alpha value is -1.73. The van der Waals surface area contributed by atoms with Crippen molar-refractivity contribution in [3.63, 3.8) is 0 Å². The number of sulfonamides is 1. The molecule has 21 heavy (non-hydrogen) atoms. The van der Waals surface area contributed by atoms with E-state index in [1.54, 1.807) is 32.9 Å². The number of rotatable bonds is 5. The van der Waals surface area contributed by atoms with Crippen LogP contribution in [0.15, 0.2) is 35.4 Å². The van der Waals surface area contributed by atoms with Gasteiger partial charge in [0.2, 0.25) is 10.0 Å². The van der Waals surface area contributed by atoms with E-state index in [9.17, 15) is 12.8 Å². The summed E-state index contributed by atoms with van der Waals surface area (Å²) in [4.78, 5) is 0.165. The van der Waals surface area contributed by atoms with Crippen molar-refractivity contribution in [1.29, 1.82) is 0 Å². The predicted octanol–water partition coefficient (Wildman–Crippen LogP) is 2.63. The molecule has 0 fully saturated rings. The molecule has 0 aliphatic carbocycles. The number of aromatic amines is 1. The summed E-state index contributed by atoms with van der Waals surface area (Å²) in [6, 6.07) is 5.46. The fourth-order valence-corrected chi connectivity index (χ4v) is 4.03. The van der Waals surface area contributed by atoms with Gasteiger partial charge in [-0.15, -0.1) is 0 Å². The molecule has 0 amide bonds. The lowest BCUT2D eigenvalue weighted by molar-refractivity contribution is 0.356. The minimum absolute atomic E-state index is 0.165. The van der Waals surface area contributed by atoms with Crippen molar-refractivity contribution in [2.75, 3.05) is 6.54 Å². The molecule has 0 radical (unpaired) electrons. The van der Waals surface area contributed by atoms with Gasteiger partial charge >= 0.3 is 0 Å². The minimum atomic E-state index is -3.65. The molecule has 0 spiro atoms. The van der Waals surface area contributed by atoms with Gasteiger partial charge < -0.3 is 0 Å². The number of aryl methyl sites for hydroxylation is 1. The summed E-state index contributed by atoms with van der Waals surface area (Å²) in [6.07, 6.45) is 1.31. The summed E-state index contributed by atoms with van der Waals surface area (Å²) in [7, 11) is -3.65. The molecule has 114 valence electrons. The van der Waals surface area contributed by atoms with Gasteiger partial charge in [0, 0.05) is 12.6 Å². The molecule has 0 saturated carbocycles. The lowest BCUT2D eigenvalue weighted by Gasteiger charge is -2.27. The van der Waals surface area contributed by atoms with E-state index in [1.807, 2.05) is 0 Å². The van der Waals surface area contributed by atoms with Crippen LogP contribution in [0.25, 0.3) is 0 Å². The lowest BCUT2D eigenvalue weighted by atomic mass is 10.1. The van der Waals surface area contributed by atoms with Crippen LogP contribution in [0.2, 0.25) is 0 Å². The highest BCUT2D eigenvalue weighted by atomic mass is 32.2. The quantitative estimate of drug-likeness (QED) is 0.923. The SMILES string of the molecule is CCN(C(C)c1ccc(F)cc1)S(=O)(=O)c1cn[nH]c1C. The molecule has 1 unspecified atom stereocenters. The second-order valence-electron chi connectivity index (χ2n) is 4.80. The van der Waals surface area contributed by atoms with Crippen LogP contribution in [-0.4, -0.2) is 29.5 Å². The van der Waals surface area contributed by atoms with Crippen molar-refractivity contribution >= 4 is 10.0 Å². The largest absolute Gasteiger partial charge is 0.281 e. The molecule has 2 rings (SSSR count). The Kier molecular flexibility index (Phi) is 4.43. The number of hydrogen-bond acceptors (Lipinski definition) is 3. The van der Waals surface area contributed by atoms with Gasteiger partial charge in [-0.2, -0.15) is 9.40 Å². The van der Waals surface area contributed by atoms with Gasteiger partial charge in [0.1, 0.15) is 10.7 Å². The molecule has 5 nitrogen and oxygen atoms in total. The van der Waals surface area contributed by atoms with Gasteiger partial charge in [-0.1, -0.05) is 19.1 Å². The van der Waals surface area contributed by atoms with Crippen LogP contribution in [-0.2, 0) is 10.0 Å². The van der Waals surface area contributed by atoms with Crippen LogP contribution in [0.3, 0.4) is 0 Å². The third-order valence-corrected chi connectivity index (χ3v) is 5.63. The molecule has 1 aromatic heterocycles. The third kappa shape index (κ3) is 2.98. The maximum absolute atomic E-state index is 13.0. The van der Waals surface area contributed by atoms with Gasteiger partial charge in [-0.25, -0.2) is 12.8 Å². The summed E-state index contributed by atoms with van der Waals surface area (Å²) in [5, 5.41) is 6.40. The van der Waals surface area contributed by atoms with Gasteiger partial charge in [-0.3, -0.25) is 5.10 Å². The summed E-state index contributed by atoms with van der Waals surface area (Å²) < 4.78 is 39.8. The van der Waals surface area contributed by atoms with Gasteiger partial charge in [0.05, 0.1) is 11.9 Å². The Morgan fingerprint density at radius 1 is 1.33 bits per heavy atom. The molecule has 1 heterocycles. The van der Waals surface area contributed by atoms with E-state index in [-0.39, 0.29) is 10.7 Å². The fourth-order valence-electron chi connectivity index (χ4n) is 2.29. The Morgan fingerprint density at radius 3 is 2.43 bits per heavy atom. The molecule has 0 bridgehead atoms. The first-order valence-electron chi connectivity index (χ1n) is 6.65. The second kappa shape index (κ2) is 5.95. The zero-order valence-electron chi connectivity index (χ0n) is 12.2. The Labute approximate surface area is 123 Å². The van der Waals surface area contributed by atoms with Crippen molar-refractivity contribution < 1.29 is 12.8 Å². The molecule has 1 N–H and O–H groups in total. The maximum atomic E-state index is 13.0. The van der Waals surface area contributed by atoms with Crippen molar-refractivity contribution in [3.8, 4) is 0 Å². The van der Waals surface area contributed by atoms with Crippen LogP contribution < -0.4 is 0 Å². The number of hydrogen-bond donors (Lipinski definition) is 1. The molecular formula is C14H18FN3O2S. The molecule has 1 aromatic carbocycles. The highest BCUT2D eigenvalue weighted by Gasteiger charge is 2.30. The lowest BCUT2D eigenvalue weighted by Crippen LogP contribution is -2.33. The van der Waals surface area contributed by atoms with E-state index in [4.69, 9.17) is 0 Å². The molecule has 0 saturated heterocycles. The smallest absolute Gasteiger partial charge is 0.246 e. The molecule has 2 aromatic rings. The number of nitrogens with one attached hydrogen (secondary N) is 1. The molecule has 1 atom stereocenters.